The molecule has 2 aromatic rings. The first kappa shape index (κ1) is 24.8. The third-order valence-electron chi connectivity index (χ3n) is 5.04. The van der Waals surface area contributed by atoms with E-state index in [0.717, 1.165) is 5.31 Å². The smallest absolute Gasteiger partial charge is 0.338 e. The Kier molecular flexibility index (Phi) is 8.06. The van der Waals surface area contributed by atoms with Crippen molar-refractivity contribution in [3.8, 4) is 0 Å². The lowest BCUT2D eigenvalue weighted by Crippen LogP contribution is -2.26. The number of esters is 1. The van der Waals surface area contributed by atoms with E-state index < -0.39 is 15.8 Å². The van der Waals surface area contributed by atoms with Gasteiger partial charge < -0.3 is 4.74 Å². The molecule has 2 aromatic carbocycles. The first-order chi connectivity index (χ1) is 13.9. The van der Waals surface area contributed by atoms with Crippen LogP contribution >= 0.6 is 15.8 Å². The van der Waals surface area contributed by atoms with Crippen LogP contribution in [0.3, 0.4) is 0 Å². The molecule has 0 saturated carbocycles. The van der Waals surface area contributed by atoms with Crippen LogP contribution in [0, 0.1) is 13.8 Å². The fourth-order valence-electron chi connectivity index (χ4n) is 3.84. The number of hydrogen-bond acceptors (Lipinski definition) is 2. The quantitative estimate of drug-likeness (QED) is 0.288. The predicted molar refractivity (Wildman–Crippen MR) is 135 cm³/mol. The van der Waals surface area contributed by atoms with Gasteiger partial charge in [0.1, 0.15) is 0 Å². The molecule has 0 aliphatic carbocycles. The van der Waals surface area contributed by atoms with Gasteiger partial charge in [-0.1, -0.05) is 98.0 Å². The Morgan fingerprint density at radius 3 is 1.53 bits per heavy atom. The van der Waals surface area contributed by atoms with Crippen molar-refractivity contribution in [2.45, 2.75) is 65.7 Å². The van der Waals surface area contributed by atoms with Crippen molar-refractivity contribution >= 4 is 32.4 Å². The maximum absolute atomic E-state index is 13.2. The van der Waals surface area contributed by atoms with E-state index in [2.05, 4.69) is 110 Å². The number of hydrogen-bond donors (Lipinski definition) is 0. The van der Waals surface area contributed by atoms with E-state index in [1.165, 1.54) is 28.8 Å². The van der Waals surface area contributed by atoms with Crippen molar-refractivity contribution in [2.75, 3.05) is 7.11 Å². The standard InChI is InChI=1S/C26H36O2P2/c1-19-14-10-12-16-21(19)30(22-17-13-11-15-20(22)2)23(24(27)28-9)18-29(25(3,4)5)26(6,7)8/h10-18H,1-9H3/b23-18+. The summed E-state index contributed by atoms with van der Waals surface area (Å²) in [7, 11) is -0.129. The van der Waals surface area contributed by atoms with Crippen LogP contribution in [0.5, 0.6) is 0 Å². The lowest BCUT2D eigenvalue weighted by atomic mass is 10.2. The van der Waals surface area contributed by atoms with Gasteiger partial charge in [0.25, 0.3) is 0 Å². The molecule has 0 amide bonds. The first-order valence-electron chi connectivity index (χ1n) is 10.4. The number of methoxy groups -OCH3 is 1. The topological polar surface area (TPSA) is 26.3 Å². The van der Waals surface area contributed by atoms with Crippen LogP contribution < -0.4 is 10.6 Å². The second-order valence-corrected chi connectivity index (χ2v) is 15.4. The molecule has 0 bridgehead atoms. The van der Waals surface area contributed by atoms with Gasteiger partial charge in [-0.2, -0.15) is 0 Å². The van der Waals surface area contributed by atoms with Gasteiger partial charge in [-0.3, -0.25) is 0 Å². The van der Waals surface area contributed by atoms with Crippen molar-refractivity contribution in [1.29, 1.82) is 0 Å². The zero-order chi connectivity index (χ0) is 22.7. The average Bonchev–Trinajstić information content (AvgIpc) is 2.64. The molecule has 2 nitrogen and oxygen atoms in total. The molecule has 0 aromatic heterocycles. The number of carbonyl (C=O) groups excluding carboxylic acids is 1. The minimum atomic E-state index is -1.03. The van der Waals surface area contributed by atoms with Crippen molar-refractivity contribution in [3.63, 3.8) is 0 Å². The van der Waals surface area contributed by atoms with E-state index in [4.69, 9.17) is 4.74 Å². The predicted octanol–water partition coefficient (Wildman–Crippen LogP) is 6.83. The van der Waals surface area contributed by atoms with E-state index in [1.54, 1.807) is 0 Å². The Balaban J connectivity index is 2.86. The molecule has 0 fully saturated rings. The highest BCUT2D eigenvalue weighted by Gasteiger charge is 2.36. The summed E-state index contributed by atoms with van der Waals surface area (Å²) in [4.78, 5) is 13.2. The van der Waals surface area contributed by atoms with E-state index in [0.29, 0.717) is 0 Å². The van der Waals surface area contributed by atoms with Gasteiger partial charge in [0, 0.05) is 0 Å². The first-order valence-corrected chi connectivity index (χ1v) is 13.1. The maximum Gasteiger partial charge on any atom is 0.338 e. The van der Waals surface area contributed by atoms with E-state index in [1.807, 2.05) is 0 Å². The highest BCUT2D eigenvalue weighted by Crippen LogP contribution is 2.63. The maximum atomic E-state index is 13.2. The second kappa shape index (κ2) is 9.76. The molecule has 0 spiro atoms. The molecule has 0 heterocycles. The molecule has 162 valence electrons. The van der Waals surface area contributed by atoms with E-state index in [-0.39, 0.29) is 16.3 Å². The van der Waals surface area contributed by atoms with Gasteiger partial charge in [0.2, 0.25) is 0 Å². The van der Waals surface area contributed by atoms with Gasteiger partial charge in [0.05, 0.1) is 12.4 Å². The number of benzene rings is 2. The molecule has 0 radical (unpaired) electrons. The SMILES string of the molecule is COC(=O)/C(=C\P(C(C)(C)C)C(C)(C)C)P(c1ccccc1C)c1ccccc1C. The molecule has 0 saturated heterocycles. The monoisotopic (exact) mass is 442 g/mol. The lowest BCUT2D eigenvalue weighted by Gasteiger charge is -2.40. The summed E-state index contributed by atoms with van der Waals surface area (Å²) >= 11 is 0. The van der Waals surface area contributed by atoms with Crippen LogP contribution in [0.1, 0.15) is 52.7 Å². The van der Waals surface area contributed by atoms with Crippen LogP contribution in [0.2, 0.25) is 0 Å². The summed E-state index contributed by atoms with van der Waals surface area (Å²) < 4.78 is 5.36. The normalized spacial score (nSPS) is 13.1. The zero-order valence-corrected chi connectivity index (χ0v) is 21.7. The third-order valence-corrected chi connectivity index (χ3v) is 11.4. The van der Waals surface area contributed by atoms with Gasteiger partial charge in [-0.15, -0.1) is 0 Å². The Bertz CT molecular complexity index is 858. The van der Waals surface area contributed by atoms with Crippen LogP contribution in [0.15, 0.2) is 59.7 Å². The van der Waals surface area contributed by atoms with Crippen LogP contribution in [-0.2, 0) is 9.53 Å². The number of carbonyl (C=O) groups is 1. The molecule has 30 heavy (non-hydrogen) atoms. The molecule has 0 atom stereocenters. The molecule has 0 aliphatic rings. The Morgan fingerprint density at radius 2 is 1.20 bits per heavy atom. The van der Waals surface area contributed by atoms with Crippen LogP contribution in [0.25, 0.3) is 0 Å². The Labute approximate surface area is 185 Å². The molecule has 0 N–H and O–H groups in total. The summed E-state index contributed by atoms with van der Waals surface area (Å²) in [5.74, 6) is 2.07. The summed E-state index contributed by atoms with van der Waals surface area (Å²) in [5, 5.41) is 3.40. The average molecular weight is 443 g/mol. The molecule has 2 rings (SSSR count). The highest BCUT2D eigenvalue weighted by molar-refractivity contribution is 7.79. The zero-order valence-electron chi connectivity index (χ0n) is 19.9. The molecule has 4 heteroatoms. The number of rotatable bonds is 5. The van der Waals surface area contributed by atoms with E-state index >= 15 is 0 Å². The van der Waals surface area contributed by atoms with Crippen LogP contribution in [0.4, 0.5) is 0 Å². The fraction of sp³-hybridized carbons (Fsp3) is 0.423. The van der Waals surface area contributed by atoms with Crippen molar-refractivity contribution in [1.82, 2.24) is 0 Å². The number of ether oxygens (including phenoxy) is 1. The van der Waals surface area contributed by atoms with Gasteiger partial charge in [-0.25, -0.2) is 4.79 Å². The summed E-state index contributed by atoms with van der Waals surface area (Å²) in [6, 6.07) is 16.9. The van der Waals surface area contributed by atoms with E-state index in [9.17, 15) is 4.79 Å². The minimum Gasteiger partial charge on any atom is -0.465 e. The molecule has 0 unspecified atom stereocenters. The molecule has 0 aliphatic heterocycles. The Hall–Kier alpha value is -1.49. The van der Waals surface area contributed by atoms with Crippen molar-refractivity contribution in [2.24, 2.45) is 0 Å². The van der Waals surface area contributed by atoms with Gasteiger partial charge in [-0.05, 0) is 59.6 Å². The molecular formula is C26H36O2P2. The van der Waals surface area contributed by atoms with Gasteiger partial charge in [0.15, 0.2) is 0 Å². The summed E-state index contributed by atoms with van der Waals surface area (Å²) in [5.41, 5.74) is 2.41. The largest absolute Gasteiger partial charge is 0.465 e. The minimum absolute atomic E-state index is 0.0747. The van der Waals surface area contributed by atoms with Gasteiger partial charge >= 0.3 is 5.97 Å². The van der Waals surface area contributed by atoms with Crippen molar-refractivity contribution in [3.05, 3.63) is 70.8 Å². The lowest BCUT2D eigenvalue weighted by molar-refractivity contribution is -0.135. The van der Waals surface area contributed by atoms with Crippen LogP contribution in [-0.4, -0.2) is 23.4 Å². The summed E-state index contributed by atoms with van der Waals surface area (Å²) in [6.07, 6.45) is 0. The second-order valence-electron chi connectivity index (χ2n) is 9.63. The molecular weight excluding hydrogens is 406 g/mol. The van der Waals surface area contributed by atoms with Crippen molar-refractivity contribution < 1.29 is 9.53 Å². The fourth-order valence-corrected chi connectivity index (χ4v) is 10.2. The number of aryl methyl sites for hydroxylation is 2. The third kappa shape index (κ3) is 5.81. The Morgan fingerprint density at radius 1 is 0.800 bits per heavy atom. The highest BCUT2D eigenvalue weighted by atomic mass is 31.1. The summed E-state index contributed by atoms with van der Waals surface area (Å²) in [6.45, 7) is 17.9.